The summed E-state index contributed by atoms with van der Waals surface area (Å²) in [6.45, 7) is 3.25. The minimum Gasteiger partial charge on any atom is -0.356 e. The Hall–Kier alpha value is -2.02. The van der Waals surface area contributed by atoms with Gasteiger partial charge in [0.05, 0.1) is 4.92 Å². The zero-order chi connectivity index (χ0) is 14.3. The lowest BCUT2D eigenvalue weighted by molar-refractivity contribution is -0.387. The summed E-state index contributed by atoms with van der Waals surface area (Å²) in [5.74, 6) is -0.905. The number of hydrogen-bond donors (Lipinski definition) is 2. The maximum absolute atomic E-state index is 13.3. The Kier molecular flexibility index (Phi) is 5.87. The quantitative estimate of drug-likeness (QED) is 0.444. The molecule has 0 saturated carbocycles. The Balaban J connectivity index is 2.40. The highest BCUT2D eigenvalue weighted by molar-refractivity contribution is 5.75. The molecule has 2 N–H and O–H groups in total. The average molecular weight is 269 g/mol. The van der Waals surface area contributed by atoms with Gasteiger partial charge >= 0.3 is 5.69 Å². The fourth-order valence-corrected chi connectivity index (χ4v) is 1.53. The highest BCUT2D eigenvalue weighted by atomic mass is 19.1. The third kappa shape index (κ3) is 5.01. The Morgan fingerprint density at radius 2 is 2.21 bits per heavy atom. The minimum absolute atomic E-state index is 0.0510. The molecule has 0 bridgehead atoms. The molecule has 1 aromatic carbocycles. The van der Waals surface area contributed by atoms with Gasteiger partial charge in [-0.15, -0.1) is 0 Å². The van der Waals surface area contributed by atoms with Gasteiger partial charge in [0.15, 0.2) is 0 Å². The van der Waals surface area contributed by atoms with Gasteiger partial charge < -0.3 is 10.6 Å². The Morgan fingerprint density at radius 3 is 2.79 bits per heavy atom. The summed E-state index contributed by atoms with van der Waals surface area (Å²) in [6, 6.07) is 3.74. The molecule has 0 atom stereocenters. The van der Waals surface area contributed by atoms with E-state index in [0.29, 0.717) is 31.6 Å². The van der Waals surface area contributed by atoms with Crippen LogP contribution in [-0.4, -0.2) is 23.9 Å². The first-order valence-electron chi connectivity index (χ1n) is 5.94. The van der Waals surface area contributed by atoms with Gasteiger partial charge in [-0.25, -0.2) is 0 Å². The largest absolute Gasteiger partial charge is 0.356 e. The maximum atomic E-state index is 13.3. The fourth-order valence-electron chi connectivity index (χ4n) is 1.53. The second-order valence-electron chi connectivity index (χ2n) is 3.92. The summed E-state index contributed by atoms with van der Waals surface area (Å²) in [5.41, 5.74) is 0.0603. The molecule has 0 saturated heterocycles. The van der Waals surface area contributed by atoms with Crippen LogP contribution in [0, 0.1) is 15.9 Å². The van der Waals surface area contributed by atoms with Gasteiger partial charge in [-0.3, -0.25) is 14.9 Å². The van der Waals surface area contributed by atoms with Crippen molar-refractivity contribution in [3.63, 3.8) is 0 Å². The van der Waals surface area contributed by atoms with E-state index < -0.39 is 16.4 Å². The molecule has 19 heavy (non-hydrogen) atoms. The van der Waals surface area contributed by atoms with E-state index in [1.807, 2.05) is 6.92 Å². The van der Waals surface area contributed by atoms with E-state index in [-0.39, 0.29) is 5.91 Å². The highest BCUT2D eigenvalue weighted by Gasteiger charge is 2.13. The fraction of sp³-hybridized carbons (Fsp3) is 0.417. The van der Waals surface area contributed by atoms with Crippen LogP contribution in [-0.2, 0) is 11.3 Å². The third-order valence-corrected chi connectivity index (χ3v) is 2.44. The Morgan fingerprint density at radius 1 is 1.47 bits per heavy atom. The van der Waals surface area contributed by atoms with E-state index in [1.54, 1.807) is 0 Å². The lowest BCUT2D eigenvalue weighted by atomic mass is 10.2. The predicted octanol–water partition coefficient (Wildman–Crippen LogP) is 1.35. The number of halogens is 1. The van der Waals surface area contributed by atoms with Crippen LogP contribution in [0.5, 0.6) is 0 Å². The highest BCUT2D eigenvalue weighted by Crippen LogP contribution is 2.17. The van der Waals surface area contributed by atoms with Gasteiger partial charge in [0.25, 0.3) is 0 Å². The zero-order valence-corrected chi connectivity index (χ0v) is 10.6. The molecule has 0 radical (unpaired) electrons. The van der Waals surface area contributed by atoms with Gasteiger partial charge in [0, 0.05) is 32.1 Å². The third-order valence-electron chi connectivity index (χ3n) is 2.44. The molecule has 6 nitrogen and oxygen atoms in total. The minimum atomic E-state index is -0.854. The molecule has 0 aromatic heterocycles. The smallest absolute Gasteiger partial charge is 0.304 e. The molecule has 1 rings (SSSR count). The molecular weight excluding hydrogens is 253 g/mol. The summed E-state index contributed by atoms with van der Waals surface area (Å²) in [7, 11) is 0. The molecule has 0 aliphatic carbocycles. The van der Waals surface area contributed by atoms with E-state index in [2.05, 4.69) is 10.6 Å². The molecule has 104 valence electrons. The first-order chi connectivity index (χ1) is 9.04. The Labute approximate surface area is 110 Å². The number of carbonyl (C=O) groups is 1. The van der Waals surface area contributed by atoms with E-state index in [1.165, 1.54) is 6.07 Å². The summed E-state index contributed by atoms with van der Waals surface area (Å²) in [4.78, 5) is 20.8. The summed E-state index contributed by atoms with van der Waals surface area (Å²) < 4.78 is 13.3. The zero-order valence-electron chi connectivity index (χ0n) is 10.6. The number of benzene rings is 1. The first kappa shape index (κ1) is 15.0. The number of nitrogens with one attached hydrogen (secondary N) is 2. The van der Waals surface area contributed by atoms with Crippen LogP contribution < -0.4 is 10.6 Å². The van der Waals surface area contributed by atoms with Gasteiger partial charge in [0.2, 0.25) is 11.7 Å². The monoisotopic (exact) mass is 269 g/mol. The molecule has 1 amide bonds. The van der Waals surface area contributed by atoms with Crippen LogP contribution in [0.4, 0.5) is 10.1 Å². The SMILES string of the molecule is CCNC(=O)CCNCc1ccc([N+](=O)[O-])c(F)c1. The lowest BCUT2D eigenvalue weighted by Gasteiger charge is -2.05. The molecule has 0 spiro atoms. The Bertz CT molecular complexity index is 466. The normalized spacial score (nSPS) is 10.2. The molecule has 7 heteroatoms. The molecular formula is C12H16FN3O3. The van der Waals surface area contributed by atoms with Crippen molar-refractivity contribution in [2.24, 2.45) is 0 Å². The second-order valence-corrected chi connectivity index (χ2v) is 3.92. The number of nitro groups is 1. The number of amides is 1. The van der Waals surface area contributed by atoms with Crippen molar-refractivity contribution in [3.05, 3.63) is 39.7 Å². The van der Waals surface area contributed by atoms with Crippen molar-refractivity contribution < 1.29 is 14.1 Å². The van der Waals surface area contributed by atoms with Crippen molar-refractivity contribution in [2.45, 2.75) is 19.9 Å². The van der Waals surface area contributed by atoms with E-state index in [9.17, 15) is 19.3 Å². The van der Waals surface area contributed by atoms with Crippen LogP contribution in [0.3, 0.4) is 0 Å². The van der Waals surface area contributed by atoms with Crippen molar-refractivity contribution in [2.75, 3.05) is 13.1 Å². The van der Waals surface area contributed by atoms with Crippen molar-refractivity contribution in [3.8, 4) is 0 Å². The molecule has 0 unspecified atom stereocenters. The van der Waals surface area contributed by atoms with Crippen LogP contribution in [0.15, 0.2) is 18.2 Å². The maximum Gasteiger partial charge on any atom is 0.304 e. The van der Waals surface area contributed by atoms with E-state index >= 15 is 0 Å². The standard InChI is InChI=1S/C12H16FN3O3/c1-2-15-12(17)5-6-14-8-9-3-4-11(16(18)19)10(13)7-9/h3-4,7,14H,2,5-6,8H2,1H3,(H,15,17). The van der Waals surface area contributed by atoms with Gasteiger partial charge in [-0.1, -0.05) is 6.07 Å². The molecule has 0 heterocycles. The second kappa shape index (κ2) is 7.42. The molecule has 0 aliphatic rings. The van der Waals surface area contributed by atoms with Gasteiger partial charge in [0.1, 0.15) is 0 Å². The number of nitro benzene ring substituents is 1. The van der Waals surface area contributed by atoms with Crippen molar-refractivity contribution in [1.29, 1.82) is 0 Å². The number of rotatable bonds is 7. The van der Waals surface area contributed by atoms with Crippen LogP contribution in [0.2, 0.25) is 0 Å². The van der Waals surface area contributed by atoms with Crippen LogP contribution in [0.25, 0.3) is 0 Å². The van der Waals surface area contributed by atoms with Gasteiger partial charge in [-0.05, 0) is 18.6 Å². The first-order valence-corrected chi connectivity index (χ1v) is 5.94. The van der Waals surface area contributed by atoms with Gasteiger partial charge in [-0.2, -0.15) is 4.39 Å². The number of nitrogens with zero attached hydrogens (tertiary/aromatic N) is 1. The molecule has 0 fully saturated rings. The van der Waals surface area contributed by atoms with Crippen molar-refractivity contribution in [1.82, 2.24) is 10.6 Å². The number of hydrogen-bond acceptors (Lipinski definition) is 4. The average Bonchev–Trinajstić information content (AvgIpc) is 2.34. The molecule has 0 aliphatic heterocycles. The lowest BCUT2D eigenvalue weighted by Crippen LogP contribution is -2.27. The summed E-state index contributed by atoms with van der Waals surface area (Å²) >= 11 is 0. The summed E-state index contributed by atoms with van der Waals surface area (Å²) in [6.07, 6.45) is 0.337. The van der Waals surface area contributed by atoms with Crippen molar-refractivity contribution >= 4 is 11.6 Å². The molecule has 1 aromatic rings. The van der Waals surface area contributed by atoms with Crippen LogP contribution >= 0.6 is 0 Å². The summed E-state index contributed by atoms with van der Waals surface area (Å²) in [5, 5.41) is 16.1. The van der Waals surface area contributed by atoms with Crippen LogP contribution in [0.1, 0.15) is 18.9 Å². The van der Waals surface area contributed by atoms with E-state index in [0.717, 1.165) is 12.1 Å². The number of carbonyl (C=O) groups excluding carboxylic acids is 1. The van der Waals surface area contributed by atoms with E-state index in [4.69, 9.17) is 0 Å². The predicted molar refractivity (Wildman–Crippen MR) is 68.1 cm³/mol. The topological polar surface area (TPSA) is 84.3 Å².